The smallest absolute Gasteiger partial charge is 0.0541 e. The van der Waals surface area contributed by atoms with Gasteiger partial charge in [0.2, 0.25) is 0 Å². The van der Waals surface area contributed by atoms with Crippen LogP contribution in [0.5, 0.6) is 0 Å². The summed E-state index contributed by atoms with van der Waals surface area (Å²) in [5, 5.41) is 2.53. The molecule has 0 saturated heterocycles. The fourth-order valence-electron chi connectivity index (χ4n) is 9.48. The van der Waals surface area contributed by atoms with Crippen LogP contribution in [-0.4, -0.2) is 4.57 Å². The van der Waals surface area contributed by atoms with Gasteiger partial charge in [-0.3, -0.25) is 0 Å². The van der Waals surface area contributed by atoms with E-state index in [0.717, 1.165) is 17.1 Å². The second-order valence-electron chi connectivity index (χ2n) is 16.2. The van der Waals surface area contributed by atoms with Crippen molar-refractivity contribution < 1.29 is 0 Å². The molecule has 1 aliphatic carbocycles. The normalized spacial score (nSPS) is 12.7. The fourth-order valence-corrected chi connectivity index (χ4v) is 9.48. The number of anilines is 3. The Bertz CT molecular complexity index is 3120. The van der Waals surface area contributed by atoms with Crippen LogP contribution in [-0.2, 0) is 5.41 Å². The van der Waals surface area contributed by atoms with E-state index < -0.39 is 0 Å². The van der Waals surface area contributed by atoms with Crippen molar-refractivity contribution >= 4 is 38.9 Å². The highest BCUT2D eigenvalue weighted by Crippen LogP contribution is 2.51. The van der Waals surface area contributed by atoms with Gasteiger partial charge in [0.25, 0.3) is 0 Å². The van der Waals surface area contributed by atoms with Crippen molar-refractivity contribution in [2.75, 3.05) is 4.90 Å². The van der Waals surface area contributed by atoms with Crippen LogP contribution in [0.1, 0.15) is 25.0 Å². The molecule has 0 atom stereocenters. The van der Waals surface area contributed by atoms with Crippen LogP contribution < -0.4 is 4.90 Å². The second kappa shape index (κ2) is 13.9. The SMILES string of the molecule is CC1(C)c2ccccc2-c2ccc(N(c3ccc(-c4ccccc4)cc3)c3ccc(-c4cccc(-c5ccccc5-n5c6ccccc6c6ccccc65)c4)cc3)cc21. The zero-order valence-electron chi connectivity index (χ0n) is 33.2. The molecule has 0 radical (unpaired) electrons. The van der Waals surface area contributed by atoms with Gasteiger partial charge >= 0.3 is 0 Å². The number of nitrogens with zero attached hydrogens (tertiary/aromatic N) is 2. The molecule has 280 valence electrons. The van der Waals surface area contributed by atoms with Crippen molar-refractivity contribution in [2.45, 2.75) is 19.3 Å². The van der Waals surface area contributed by atoms with Crippen molar-refractivity contribution in [1.82, 2.24) is 4.57 Å². The maximum atomic E-state index is 2.42. The molecule has 59 heavy (non-hydrogen) atoms. The summed E-state index contributed by atoms with van der Waals surface area (Å²) in [6.45, 7) is 4.70. The molecule has 1 heterocycles. The maximum Gasteiger partial charge on any atom is 0.0541 e. The van der Waals surface area contributed by atoms with Crippen LogP contribution in [0, 0.1) is 0 Å². The summed E-state index contributed by atoms with van der Waals surface area (Å²) in [5.74, 6) is 0. The Kier molecular flexibility index (Phi) is 8.20. The number of hydrogen-bond acceptors (Lipinski definition) is 1. The van der Waals surface area contributed by atoms with E-state index in [9.17, 15) is 0 Å². The summed E-state index contributed by atoms with van der Waals surface area (Å²) in [6, 6.07) is 79.8. The number of benzene rings is 9. The number of rotatable bonds is 7. The average molecular weight is 755 g/mol. The standard InChI is InChI=1S/C57H42N2/c1-57(2)52-23-10-6-20-48(52)49-36-35-46(38-53(49)57)58(44-31-27-40(28-32-44)39-15-4-3-5-16-39)45-33-29-41(30-34-45)42-17-14-18-43(37-42)47-19-7-11-24-54(47)59-55-25-12-8-21-50(55)51-22-9-13-26-56(51)59/h3-38H,1-2H3. The summed E-state index contributed by atoms with van der Waals surface area (Å²) >= 11 is 0. The first-order chi connectivity index (χ1) is 29.0. The molecular weight excluding hydrogens is 713 g/mol. The van der Waals surface area contributed by atoms with E-state index in [4.69, 9.17) is 0 Å². The van der Waals surface area contributed by atoms with Gasteiger partial charge in [0.1, 0.15) is 0 Å². The number of fused-ring (bicyclic) bond motifs is 6. The largest absolute Gasteiger partial charge is 0.310 e. The van der Waals surface area contributed by atoms with Crippen LogP contribution in [0.15, 0.2) is 218 Å². The van der Waals surface area contributed by atoms with E-state index in [0.29, 0.717) is 0 Å². The minimum absolute atomic E-state index is 0.0974. The van der Waals surface area contributed by atoms with Gasteiger partial charge in [0.05, 0.1) is 16.7 Å². The molecular formula is C57H42N2. The summed E-state index contributed by atoms with van der Waals surface area (Å²) in [6.07, 6.45) is 0. The highest BCUT2D eigenvalue weighted by atomic mass is 15.1. The Morgan fingerprint density at radius 1 is 0.339 bits per heavy atom. The van der Waals surface area contributed by atoms with Crippen LogP contribution in [0.4, 0.5) is 17.1 Å². The quantitative estimate of drug-likeness (QED) is 0.157. The lowest BCUT2D eigenvalue weighted by atomic mass is 9.82. The van der Waals surface area contributed by atoms with Gasteiger partial charge < -0.3 is 9.47 Å². The van der Waals surface area contributed by atoms with Gasteiger partial charge in [-0.1, -0.05) is 172 Å². The lowest BCUT2D eigenvalue weighted by Gasteiger charge is -2.28. The number of aromatic nitrogens is 1. The van der Waals surface area contributed by atoms with Gasteiger partial charge in [-0.2, -0.15) is 0 Å². The van der Waals surface area contributed by atoms with Gasteiger partial charge in [-0.15, -0.1) is 0 Å². The molecule has 0 saturated carbocycles. The minimum Gasteiger partial charge on any atom is -0.310 e. The lowest BCUT2D eigenvalue weighted by Crippen LogP contribution is -2.16. The third-order valence-electron chi connectivity index (χ3n) is 12.4. The predicted octanol–water partition coefficient (Wildman–Crippen LogP) is 15.6. The van der Waals surface area contributed by atoms with E-state index in [2.05, 4.69) is 242 Å². The van der Waals surface area contributed by atoms with Gasteiger partial charge in [-0.25, -0.2) is 0 Å². The number of para-hydroxylation sites is 3. The molecule has 0 amide bonds. The number of hydrogen-bond donors (Lipinski definition) is 0. The second-order valence-corrected chi connectivity index (χ2v) is 16.2. The topological polar surface area (TPSA) is 8.17 Å². The first-order valence-corrected chi connectivity index (χ1v) is 20.5. The van der Waals surface area contributed by atoms with Gasteiger partial charge in [0.15, 0.2) is 0 Å². The van der Waals surface area contributed by atoms with E-state index in [1.807, 2.05) is 0 Å². The average Bonchev–Trinajstić information content (AvgIpc) is 3.75. The van der Waals surface area contributed by atoms with E-state index in [-0.39, 0.29) is 5.41 Å². The van der Waals surface area contributed by atoms with Crippen molar-refractivity contribution in [2.24, 2.45) is 0 Å². The molecule has 10 aromatic rings. The van der Waals surface area contributed by atoms with Crippen LogP contribution in [0.25, 0.3) is 72.0 Å². The molecule has 2 nitrogen and oxygen atoms in total. The van der Waals surface area contributed by atoms with Gasteiger partial charge in [0, 0.05) is 38.8 Å². The Labute approximate surface area is 345 Å². The summed E-state index contributed by atoms with van der Waals surface area (Å²) in [7, 11) is 0. The molecule has 2 heteroatoms. The van der Waals surface area contributed by atoms with Crippen molar-refractivity contribution in [3.05, 3.63) is 230 Å². The molecule has 0 fully saturated rings. The third-order valence-corrected chi connectivity index (χ3v) is 12.4. The van der Waals surface area contributed by atoms with Crippen LogP contribution in [0.3, 0.4) is 0 Å². The Hall–Kier alpha value is -7.42. The molecule has 0 N–H and O–H groups in total. The molecule has 0 bridgehead atoms. The third kappa shape index (κ3) is 5.79. The Morgan fingerprint density at radius 3 is 1.53 bits per heavy atom. The first-order valence-electron chi connectivity index (χ1n) is 20.5. The molecule has 1 aliphatic rings. The summed E-state index contributed by atoms with van der Waals surface area (Å²) < 4.78 is 2.42. The van der Waals surface area contributed by atoms with E-state index in [1.54, 1.807) is 0 Å². The maximum absolute atomic E-state index is 2.42. The van der Waals surface area contributed by atoms with Crippen LogP contribution >= 0.6 is 0 Å². The highest BCUT2D eigenvalue weighted by Gasteiger charge is 2.35. The Balaban J connectivity index is 0.984. The van der Waals surface area contributed by atoms with Crippen LogP contribution in [0.2, 0.25) is 0 Å². The lowest BCUT2D eigenvalue weighted by molar-refractivity contribution is 0.660. The molecule has 0 unspecified atom stereocenters. The summed E-state index contributed by atoms with van der Waals surface area (Å²) in [5.41, 5.74) is 19.4. The zero-order valence-corrected chi connectivity index (χ0v) is 33.2. The Morgan fingerprint density at radius 2 is 0.831 bits per heavy atom. The molecule has 9 aromatic carbocycles. The molecule has 0 aliphatic heterocycles. The van der Waals surface area contributed by atoms with Gasteiger partial charge in [-0.05, 0) is 111 Å². The minimum atomic E-state index is -0.0974. The van der Waals surface area contributed by atoms with Crippen molar-refractivity contribution in [3.8, 4) is 50.2 Å². The first kappa shape index (κ1) is 34.8. The highest BCUT2D eigenvalue weighted by molar-refractivity contribution is 6.09. The van der Waals surface area contributed by atoms with E-state index in [1.165, 1.54) is 83.1 Å². The van der Waals surface area contributed by atoms with Crippen molar-refractivity contribution in [1.29, 1.82) is 0 Å². The molecule has 1 aromatic heterocycles. The molecule has 11 rings (SSSR count). The van der Waals surface area contributed by atoms with E-state index >= 15 is 0 Å². The molecule has 0 spiro atoms. The zero-order chi connectivity index (χ0) is 39.5. The predicted molar refractivity (Wildman–Crippen MR) is 249 cm³/mol. The summed E-state index contributed by atoms with van der Waals surface area (Å²) in [4.78, 5) is 2.40. The fraction of sp³-hybridized carbons (Fsp3) is 0.0526. The monoisotopic (exact) mass is 754 g/mol. The van der Waals surface area contributed by atoms with Crippen molar-refractivity contribution in [3.63, 3.8) is 0 Å².